The summed E-state index contributed by atoms with van der Waals surface area (Å²) in [6.07, 6.45) is 5.62. The minimum Gasteiger partial charge on any atom is -0.432 e. The van der Waals surface area contributed by atoms with Gasteiger partial charge in [-0.15, -0.1) is 0 Å². The van der Waals surface area contributed by atoms with Crippen molar-refractivity contribution in [2.45, 2.75) is 32.7 Å². The standard InChI is InChI=1S/C12H21N3O/c1-3-4-10-5-6-15(8-10)12-14-11(7-13-2)9-16-12/h9-10,13H,3-8H2,1-2H3. The van der Waals surface area contributed by atoms with Crippen LogP contribution >= 0.6 is 0 Å². The molecule has 16 heavy (non-hydrogen) atoms. The second-order valence-corrected chi connectivity index (χ2v) is 4.54. The Labute approximate surface area is 97.0 Å². The number of hydrogen-bond donors (Lipinski definition) is 1. The summed E-state index contributed by atoms with van der Waals surface area (Å²) in [7, 11) is 1.92. The summed E-state index contributed by atoms with van der Waals surface area (Å²) in [4.78, 5) is 6.74. The first kappa shape index (κ1) is 11.5. The van der Waals surface area contributed by atoms with E-state index in [9.17, 15) is 0 Å². The largest absolute Gasteiger partial charge is 0.432 e. The lowest BCUT2D eigenvalue weighted by Crippen LogP contribution is -2.20. The van der Waals surface area contributed by atoms with Gasteiger partial charge in [0.15, 0.2) is 0 Å². The zero-order chi connectivity index (χ0) is 11.4. The van der Waals surface area contributed by atoms with Crippen LogP contribution < -0.4 is 10.2 Å². The van der Waals surface area contributed by atoms with Crippen molar-refractivity contribution in [1.82, 2.24) is 10.3 Å². The first-order valence-electron chi connectivity index (χ1n) is 6.17. The minimum absolute atomic E-state index is 0.774. The molecule has 1 saturated heterocycles. The normalized spacial score (nSPS) is 20.6. The van der Waals surface area contributed by atoms with Gasteiger partial charge >= 0.3 is 0 Å². The summed E-state index contributed by atoms with van der Waals surface area (Å²) < 4.78 is 5.50. The van der Waals surface area contributed by atoms with Gasteiger partial charge in [0, 0.05) is 19.6 Å². The van der Waals surface area contributed by atoms with Gasteiger partial charge in [-0.05, 0) is 25.8 Å². The summed E-state index contributed by atoms with van der Waals surface area (Å²) in [6, 6.07) is 0.795. The lowest BCUT2D eigenvalue weighted by molar-refractivity contribution is 0.515. The van der Waals surface area contributed by atoms with Gasteiger partial charge < -0.3 is 14.6 Å². The highest BCUT2D eigenvalue weighted by Crippen LogP contribution is 2.25. The molecule has 1 aliphatic heterocycles. The van der Waals surface area contributed by atoms with Crippen molar-refractivity contribution in [2.24, 2.45) is 5.92 Å². The maximum Gasteiger partial charge on any atom is 0.297 e. The van der Waals surface area contributed by atoms with Crippen LogP contribution in [0.2, 0.25) is 0 Å². The number of anilines is 1. The molecule has 0 aromatic carbocycles. The third-order valence-electron chi connectivity index (χ3n) is 3.15. The van der Waals surface area contributed by atoms with E-state index in [1.807, 2.05) is 7.05 Å². The molecule has 90 valence electrons. The molecule has 0 saturated carbocycles. The van der Waals surface area contributed by atoms with Crippen LogP contribution in [0, 0.1) is 5.92 Å². The molecule has 1 unspecified atom stereocenters. The lowest BCUT2D eigenvalue weighted by atomic mass is 10.0. The van der Waals surface area contributed by atoms with Gasteiger partial charge in [0.25, 0.3) is 6.01 Å². The van der Waals surface area contributed by atoms with Gasteiger partial charge in [-0.25, -0.2) is 0 Å². The molecule has 0 spiro atoms. The van der Waals surface area contributed by atoms with E-state index in [1.165, 1.54) is 19.3 Å². The van der Waals surface area contributed by atoms with Crippen LogP contribution in [0.5, 0.6) is 0 Å². The zero-order valence-electron chi connectivity index (χ0n) is 10.2. The average molecular weight is 223 g/mol. The van der Waals surface area contributed by atoms with E-state index in [1.54, 1.807) is 6.26 Å². The monoisotopic (exact) mass is 223 g/mol. The van der Waals surface area contributed by atoms with Crippen molar-refractivity contribution in [1.29, 1.82) is 0 Å². The first-order chi connectivity index (χ1) is 7.83. The fourth-order valence-electron chi connectivity index (χ4n) is 2.35. The minimum atomic E-state index is 0.774. The molecule has 1 fully saturated rings. The molecule has 4 heteroatoms. The predicted molar refractivity (Wildman–Crippen MR) is 64.5 cm³/mol. The predicted octanol–water partition coefficient (Wildman–Crippen LogP) is 2.02. The first-order valence-corrected chi connectivity index (χ1v) is 6.17. The van der Waals surface area contributed by atoms with Gasteiger partial charge in [0.2, 0.25) is 0 Å². The number of aromatic nitrogens is 1. The number of rotatable bonds is 5. The Balaban J connectivity index is 1.92. The maximum atomic E-state index is 5.50. The molecular formula is C12H21N3O. The molecule has 1 atom stereocenters. The van der Waals surface area contributed by atoms with E-state index in [2.05, 4.69) is 22.1 Å². The SMILES string of the molecule is CCCC1CCN(c2nc(CNC)co2)C1. The highest BCUT2D eigenvalue weighted by Gasteiger charge is 2.24. The van der Waals surface area contributed by atoms with Gasteiger partial charge in [-0.3, -0.25) is 0 Å². The molecule has 0 bridgehead atoms. The fourth-order valence-corrected chi connectivity index (χ4v) is 2.35. The third kappa shape index (κ3) is 2.55. The van der Waals surface area contributed by atoms with Crippen molar-refractivity contribution < 1.29 is 4.42 Å². The van der Waals surface area contributed by atoms with E-state index in [0.717, 1.165) is 37.3 Å². The maximum absolute atomic E-state index is 5.50. The van der Waals surface area contributed by atoms with Crippen LogP contribution in [-0.4, -0.2) is 25.1 Å². The molecule has 0 aliphatic carbocycles. The van der Waals surface area contributed by atoms with E-state index in [4.69, 9.17) is 4.42 Å². The molecule has 1 aromatic rings. The van der Waals surface area contributed by atoms with Crippen LogP contribution in [0.3, 0.4) is 0 Å². The Bertz CT molecular complexity index is 324. The average Bonchev–Trinajstić information content (AvgIpc) is 2.87. The summed E-state index contributed by atoms with van der Waals surface area (Å²) in [5.74, 6) is 0.824. The summed E-state index contributed by atoms with van der Waals surface area (Å²) >= 11 is 0. The van der Waals surface area contributed by atoms with Crippen LogP contribution in [0.4, 0.5) is 6.01 Å². The second-order valence-electron chi connectivity index (χ2n) is 4.54. The van der Waals surface area contributed by atoms with E-state index in [-0.39, 0.29) is 0 Å². The fraction of sp³-hybridized carbons (Fsp3) is 0.750. The summed E-state index contributed by atoms with van der Waals surface area (Å²) in [5, 5.41) is 3.08. The van der Waals surface area contributed by atoms with Gasteiger partial charge in [0.05, 0.1) is 5.69 Å². The smallest absolute Gasteiger partial charge is 0.297 e. The Hall–Kier alpha value is -1.03. The zero-order valence-corrected chi connectivity index (χ0v) is 10.2. The molecular weight excluding hydrogens is 202 g/mol. The Kier molecular flexibility index (Phi) is 3.83. The van der Waals surface area contributed by atoms with Crippen LogP contribution in [0.15, 0.2) is 10.7 Å². The van der Waals surface area contributed by atoms with E-state index in [0.29, 0.717) is 0 Å². The highest BCUT2D eigenvalue weighted by atomic mass is 16.4. The van der Waals surface area contributed by atoms with Crippen molar-refractivity contribution in [3.8, 4) is 0 Å². The van der Waals surface area contributed by atoms with Crippen molar-refractivity contribution >= 4 is 6.01 Å². The molecule has 1 aromatic heterocycles. The quantitative estimate of drug-likeness (QED) is 0.829. The van der Waals surface area contributed by atoms with Crippen molar-refractivity contribution in [2.75, 3.05) is 25.0 Å². The van der Waals surface area contributed by atoms with Crippen LogP contribution in [-0.2, 0) is 6.54 Å². The van der Waals surface area contributed by atoms with Crippen molar-refractivity contribution in [3.63, 3.8) is 0 Å². The highest BCUT2D eigenvalue weighted by molar-refractivity contribution is 5.28. The third-order valence-corrected chi connectivity index (χ3v) is 3.15. The molecule has 1 N–H and O–H groups in total. The van der Waals surface area contributed by atoms with Gasteiger partial charge in [-0.1, -0.05) is 13.3 Å². The lowest BCUT2D eigenvalue weighted by Gasteiger charge is -2.12. The number of hydrogen-bond acceptors (Lipinski definition) is 4. The molecule has 0 radical (unpaired) electrons. The number of oxazole rings is 1. The molecule has 2 rings (SSSR count). The molecule has 1 aliphatic rings. The second kappa shape index (κ2) is 5.34. The molecule has 0 amide bonds. The Morgan fingerprint density at radius 1 is 1.62 bits per heavy atom. The van der Waals surface area contributed by atoms with Gasteiger partial charge in [-0.2, -0.15) is 4.98 Å². The van der Waals surface area contributed by atoms with Crippen LogP contribution in [0.25, 0.3) is 0 Å². The van der Waals surface area contributed by atoms with E-state index >= 15 is 0 Å². The van der Waals surface area contributed by atoms with E-state index < -0.39 is 0 Å². The Morgan fingerprint density at radius 3 is 3.25 bits per heavy atom. The molecule has 4 nitrogen and oxygen atoms in total. The summed E-state index contributed by atoms with van der Waals surface area (Å²) in [5.41, 5.74) is 0.983. The van der Waals surface area contributed by atoms with Crippen molar-refractivity contribution in [3.05, 3.63) is 12.0 Å². The number of nitrogens with zero attached hydrogens (tertiary/aromatic N) is 2. The van der Waals surface area contributed by atoms with Gasteiger partial charge in [0.1, 0.15) is 6.26 Å². The Morgan fingerprint density at radius 2 is 2.50 bits per heavy atom. The van der Waals surface area contributed by atoms with Crippen LogP contribution in [0.1, 0.15) is 31.9 Å². The molecule has 2 heterocycles. The topological polar surface area (TPSA) is 41.3 Å². The summed E-state index contributed by atoms with van der Waals surface area (Å²) in [6.45, 7) is 5.21. The number of nitrogens with one attached hydrogen (secondary N) is 1.